The van der Waals surface area contributed by atoms with E-state index in [9.17, 15) is 0 Å². The van der Waals surface area contributed by atoms with Gasteiger partial charge >= 0.3 is 0 Å². The molecule has 0 spiro atoms. The summed E-state index contributed by atoms with van der Waals surface area (Å²) in [4.78, 5) is 4.30. The fraction of sp³-hybridized carbons (Fsp3) is 0.667. The Morgan fingerprint density at radius 2 is 2.12 bits per heavy atom. The Hall–Kier alpha value is -1.05. The molecular formula is C18H31IN4O. The van der Waals surface area contributed by atoms with Gasteiger partial charge in [0.1, 0.15) is 5.76 Å². The van der Waals surface area contributed by atoms with Crippen LogP contribution in [0.1, 0.15) is 62.0 Å². The van der Waals surface area contributed by atoms with Crippen molar-refractivity contribution in [2.24, 2.45) is 4.99 Å². The molecule has 0 saturated carbocycles. The fourth-order valence-electron chi connectivity index (χ4n) is 3.24. The Balaban J connectivity index is 0.00000288. The maximum absolute atomic E-state index is 5.25. The number of nitrogens with one attached hydrogen (secondary N) is 2. The second-order valence-corrected chi connectivity index (χ2v) is 6.38. The monoisotopic (exact) mass is 446 g/mol. The van der Waals surface area contributed by atoms with Crippen molar-refractivity contribution in [2.75, 3.05) is 20.1 Å². The van der Waals surface area contributed by atoms with E-state index in [-0.39, 0.29) is 24.0 Å². The molecule has 136 valence electrons. The highest BCUT2D eigenvalue weighted by atomic mass is 127. The molecule has 0 aromatic carbocycles. The first-order valence-corrected chi connectivity index (χ1v) is 8.67. The fourth-order valence-corrected chi connectivity index (χ4v) is 3.24. The summed E-state index contributed by atoms with van der Waals surface area (Å²) in [5, 5.41) is 10.8. The van der Waals surface area contributed by atoms with Crippen LogP contribution in [0.3, 0.4) is 0 Å². The quantitative estimate of drug-likeness (QED) is 0.299. The van der Waals surface area contributed by atoms with Crippen molar-refractivity contribution >= 4 is 29.9 Å². The van der Waals surface area contributed by atoms with Gasteiger partial charge in [0.15, 0.2) is 5.96 Å². The van der Waals surface area contributed by atoms with Crippen LogP contribution in [0.2, 0.25) is 0 Å². The summed E-state index contributed by atoms with van der Waals surface area (Å²) in [6.07, 6.45) is 8.71. The second kappa shape index (κ2) is 10.7. The first-order valence-electron chi connectivity index (χ1n) is 8.67. The summed E-state index contributed by atoms with van der Waals surface area (Å²) >= 11 is 0. The van der Waals surface area contributed by atoms with Crippen molar-refractivity contribution in [3.05, 3.63) is 28.7 Å². The van der Waals surface area contributed by atoms with E-state index in [0.29, 0.717) is 5.92 Å². The van der Waals surface area contributed by atoms with Crippen LogP contribution in [0.5, 0.6) is 0 Å². The van der Waals surface area contributed by atoms with E-state index < -0.39 is 0 Å². The van der Waals surface area contributed by atoms with Crippen molar-refractivity contribution in [1.29, 1.82) is 0 Å². The van der Waals surface area contributed by atoms with Crippen LogP contribution in [0, 0.1) is 13.8 Å². The van der Waals surface area contributed by atoms with Crippen LogP contribution in [-0.4, -0.2) is 31.3 Å². The molecule has 0 radical (unpaired) electrons. The molecule has 2 N–H and O–H groups in total. The highest BCUT2D eigenvalue weighted by molar-refractivity contribution is 14.0. The molecule has 24 heavy (non-hydrogen) atoms. The minimum atomic E-state index is 0. The lowest BCUT2D eigenvalue weighted by molar-refractivity contribution is 0.391. The Bertz CT molecular complexity index is 546. The second-order valence-electron chi connectivity index (χ2n) is 6.38. The Morgan fingerprint density at radius 3 is 2.71 bits per heavy atom. The van der Waals surface area contributed by atoms with E-state index in [1.54, 1.807) is 5.57 Å². The summed E-state index contributed by atoms with van der Waals surface area (Å²) in [7, 11) is 1.82. The van der Waals surface area contributed by atoms with Gasteiger partial charge in [0.2, 0.25) is 0 Å². The summed E-state index contributed by atoms with van der Waals surface area (Å²) in [5.74, 6) is 2.10. The van der Waals surface area contributed by atoms with Gasteiger partial charge in [-0.25, -0.2) is 0 Å². The number of hydrogen-bond donors (Lipinski definition) is 2. The third-order valence-corrected chi connectivity index (χ3v) is 4.50. The van der Waals surface area contributed by atoms with Crippen molar-refractivity contribution < 1.29 is 4.52 Å². The molecule has 0 aliphatic heterocycles. The van der Waals surface area contributed by atoms with Crippen molar-refractivity contribution in [1.82, 2.24) is 15.8 Å². The molecule has 0 fully saturated rings. The lowest BCUT2D eigenvalue weighted by Gasteiger charge is -2.17. The molecule has 0 bridgehead atoms. The zero-order valence-electron chi connectivity index (χ0n) is 15.3. The summed E-state index contributed by atoms with van der Waals surface area (Å²) in [6, 6.07) is 0. The summed E-state index contributed by atoms with van der Waals surface area (Å²) in [6.45, 7) is 7.89. The normalized spacial score (nSPS) is 16.2. The standard InChI is InChI=1S/C18H30N4O.HI/c1-13(17-14(2)22-23-15(17)3)12-21-18(19-4)20-11-10-16-8-6-5-7-9-16;/h8,13H,5-7,9-12H2,1-4H3,(H2,19,20,21);1H. The Labute approximate surface area is 162 Å². The number of nitrogens with zero attached hydrogens (tertiary/aromatic N) is 2. The third kappa shape index (κ3) is 6.11. The summed E-state index contributed by atoms with van der Waals surface area (Å²) in [5.41, 5.74) is 3.76. The van der Waals surface area contributed by atoms with Gasteiger partial charge in [-0.05, 0) is 46.0 Å². The average Bonchev–Trinajstić information content (AvgIpc) is 2.90. The van der Waals surface area contributed by atoms with Crippen molar-refractivity contribution in [3.63, 3.8) is 0 Å². The molecule has 1 aliphatic carbocycles. The molecule has 5 nitrogen and oxygen atoms in total. The maximum atomic E-state index is 5.25. The maximum Gasteiger partial charge on any atom is 0.191 e. The highest BCUT2D eigenvalue weighted by Gasteiger charge is 2.16. The van der Waals surface area contributed by atoms with Crippen LogP contribution in [0.4, 0.5) is 0 Å². The lowest BCUT2D eigenvalue weighted by Crippen LogP contribution is -2.39. The van der Waals surface area contributed by atoms with Crippen LogP contribution in [0.25, 0.3) is 0 Å². The molecule has 6 heteroatoms. The Morgan fingerprint density at radius 1 is 1.33 bits per heavy atom. The minimum absolute atomic E-state index is 0. The smallest absolute Gasteiger partial charge is 0.191 e. The highest BCUT2D eigenvalue weighted by Crippen LogP contribution is 2.22. The van der Waals surface area contributed by atoms with E-state index in [0.717, 1.165) is 36.9 Å². The van der Waals surface area contributed by atoms with E-state index in [1.165, 1.54) is 31.2 Å². The van der Waals surface area contributed by atoms with Crippen LogP contribution in [0.15, 0.2) is 21.2 Å². The molecule has 1 aliphatic rings. The lowest BCUT2D eigenvalue weighted by atomic mass is 9.97. The van der Waals surface area contributed by atoms with Gasteiger partial charge in [-0.2, -0.15) is 0 Å². The molecule has 2 rings (SSSR count). The van der Waals surface area contributed by atoms with E-state index in [4.69, 9.17) is 4.52 Å². The molecule has 1 aromatic rings. The third-order valence-electron chi connectivity index (χ3n) is 4.50. The molecule has 1 atom stereocenters. The minimum Gasteiger partial charge on any atom is -0.361 e. The first kappa shape index (κ1) is 21.0. The van der Waals surface area contributed by atoms with Crippen LogP contribution >= 0.6 is 24.0 Å². The number of rotatable bonds is 6. The van der Waals surface area contributed by atoms with Gasteiger partial charge in [0, 0.05) is 31.6 Å². The number of aryl methyl sites for hydroxylation is 2. The number of allylic oxidation sites excluding steroid dienone is 1. The van der Waals surface area contributed by atoms with Crippen molar-refractivity contribution in [3.8, 4) is 0 Å². The van der Waals surface area contributed by atoms with Gasteiger partial charge in [0.05, 0.1) is 5.69 Å². The van der Waals surface area contributed by atoms with Gasteiger partial charge in [-0.15, -0.1) is 24.0 Å². The first-order chi connectivity index (χ1) is 11.1. The number of guanidine groups is 1. The molecule has 1 heterocycles. The molecule has 0 amide bonds. The number of aliphatic imine (C=N–C) groups is 1. The van der Waals surface area contributed by atoms with Gasteiger partial charge in [0.25, 0.3) is 0 Å². The Kier molecular flexibility index (Phi) is 9.39. The SMILES string of the molecule is CN=C(NCCC1=CCCCC1)NCC(C)c1c(C)noc1C.I. The molecule has 1 unspecified atom stereocenters. The topological polar surface area (TPSA) is 62.5 Å². The number of halogens is 1. The van der Waals surface area contributed by atoms with E-state index in [2.05, 4.69) is 33.8 Å². The molecule has 1 aromatic heterocycles. The van der Waals surface area contributed by atoms with Gasteiger partial charge in [-0.1, -0.05) is 23.7 Å². The van der Waals surface area contributed by atoms with Crippen molar-refractivity contribution in [2.45, 2.75) is 58.8 Å². The molecule has 0 saturated heterocycles. The number of aromatic nitrogens is 1. The van der Waals surface area contributed by atoms with Gasteiger partial charge < -0.3 is 15.2 Å². The number of hydrogen-bond acceptors (Lipinski definition) is 3. The van der Waals surface area contributed by atoms with E-state index >= 15 is 0 Å². The zero-order chi connectivity index (χ0) is 16.7. The largest absolute Gasteiger partial charge is 0.361 e. The predicted molar refractivity (Wildman–Crippen MR) is 110 cm³/mol. The average molecular weight is 446 g/mol. The summed E-state index contributed by atoms with van der Waals surface area (Å²) < 4.78 is 5.25. The van der Waals surface area contributed by atoms with Gasteiger partial charge in [-0.3, -0.25) is 4.99 Å². The van der Waals surface area contributed by atoms with Crippen LogP contribution in [-0.2, 0) is 0 Å². The predicted octanol–water partition coefficient (Wildman–Crippen LogP) is 4.07. The molecular weight excluding hydrogens is 415 g/mol. The van der Waals surface area contributed by atoms with E-state index in [1.807, 2.05) is 20.9 Å². The van der Waals surface area contributed by atoms with Crippen LogP contribution < -0.4 is 10.6 Å². The zero-order valence-corrected chi connectivity index (χ0v) is 17.6.